The van der Waals surface area contributed by atoms with E-state index >= 15 is 0 Å². The molecule has 0 bridgehead atoms. The van der Waals surface area contributed by atoms with Crippen molar-refractivity contribution in [3.63, 3.8) is 0 Å². The first-order valence-corrected chi connectivity index (χ1v) is 8.15. The number of aryl methyl sites for hydroxylation is 3. The van der Waals surface area contributed by atoms with Gasteiger partial charge in [0.15, 0.2) is 0 Å². The van der Waals surface area contributed by atoms with E-state index in [4.69, 9.17) is 0 Å². The van der Waals surface area contributed by atoms with E-state index in [1.54, 1.807) is 0 Å². The number of nitrogens with one attached hydrogen (secondary N) is 1. The van der Waals surface area contributed by atoms with Crippen LogP contribution in [0.15, 0.2) is 42.5 Å². The van der Waals surface area contributed by atoms with Crippen molar-refractivity contribution in [1.29, 1.82) is 0 Å². The Kier molecular flexibility index (Phi) is 4.14. The van der Waals surface area contributed by atoms with Crippen molar-refractivity contribution < 1.29 is 8.42 Å². The molecule has 0 amide bonds. The number of benzene rings is 2. The third kappa shape index (κ3) is 3.61. The lowest BCUT2D eigenvalue weighted by atomic mass is 10.1. The molecule has 0 saturated carbocycles. The molecule has 0 aliphatic rings. The van der Waals surface area contributed by atoms with Crippen LogP contribution in [0.2, 0.25) is 0 Å². The van der Waals surface area contributed by atoms with Crippen molar-refractivity contribution in [1.82, 2.24) is 0 Å². The van der Waals surface area contributed by atoms with Crippen molar-refractivity contribution in [2.24, 2.45) is 0 Å². The smallest absolute Gasteiger partial charge is 0.236 e. The normalized spacial score (nSPS) is 11.3. The number of para-hydroxylation sites is 1. The van der Waals surface area contributed by atoms with Crippen molar-refractivity contribution in [2.45, 2.75) is 26.5 Å². The van der Waals surface area contributed by atoms with Crippen LogP contribution in [-0.4, -0.2) is 8.42 Å². The van der Waals surface area contributed by atoms with Gasteiger partial charge in [-0.15, -0.1) is 0 Å². The first-order valence-electron chi connectivity index (χ1n) is 6.50. The summed E-state index contributed by atoms with van der Waals surface area (Å²) < 4.78 is 27.2. The summed E-state index contributed by atoms with van der Waals surface area (Å²) in [5.74, 6) is -0.0115. The monoisotopic (exact) mass is 289 g/mol. The fourth-order valence-electron chi connectivity index (χ4n) is 2.19. The molecular weight excluding hydrogens is 270 g/mol. The first kappa shape index (κ1) is 14.6. The van der Waals surface area contributed by atoms with Gasteiger partial charge in [0.05, 0.1) is 11.4 Å². The largest absolute Gasteiger partial charge is 0.283 e. The van der Waals surface area contributed by atoms with Gasteiger partial charge in [0.1, 0.15) is 0 Å². The number of hydrogen-bond donors (Lipinski definition) is 1. The van der Waals surface area contributed by atoms with Crippen LogP contribution in [0, 0.1) is 20.8 Å². The Morgan fingerprint density at radius 3 is 2.15 bits per heavy atom. The van der Waals surface area contributed by atoms with Gasteiger partial charge in [-0.3, -0.25) is 4.72 Å². The fraction of sp³-hybridized carbons (Fsp3) is 0.250. The molecule has 0 saturated heterocycles. The minimum atomic E-state index is -3.40. The SMILES string of the molecule is Cc1cccc(CS(=O)(=O)Nc2c(C)cccc2C)c1. The molecule has 3 nitrogen and oxygen atoms in total. The molecule has 1 N–H and O–H groups in total. The average Bonchev–Trinajstić information content (AvgIpc) is 2.33. The zero-order valence-corrected chi connectivity index (χ0v) is 12.8. The average molecular weight is 289 g/mol. The summed E-state index contributed by atoms with van der Waals surface area (Å²) in [6.07, 6.45) is 0. The summed E-state index contributed by atoms with van der Waals surface area (Å²) in [6, 6.07) is 13.3. The van der Waals surface area contributed by atoms with Crippen LogP contribution in [0.5, 0.6) is 0 Å². The van der Waals surface area contributed by atoms with Crippen molar-refractivity contribution >= 4 is 15.7 Å². The van der Waals surface area contributed by atoms with Crippen LogP contribution in [0.25, 0.3) is 0 Å². The number of hydrogen-bond acceptors (Lipinski definition) is 2. The topological polar surface area (TPSA) is 46.2 Å². The number of sulfonamides is 1. The molecule has 2 rings (SSSR count). The van der Waals surface area contributed by atoms with Gasteiger partial charge < -0.3 is 0 Å². The molecule has 0 aliphatic carbocycles. The highest BCUT2D eigenvalue weighted by Gasteiger charge is 2.14. The van der Waals surface area contributed by atoms with Gasteiger partial charge in [-0.05, 0) is 37.5 Å². The van der Waals surface area contributed by atoms with Gasteiger partial charge in [-0.1, -0.05) is 48.0 Å². The summed E-state index contributed by atoms with van der Waals surface area (Å²) in [6.45, 7) is 5.75. The van der Waals surface area contributed by atoms with Crippen molar-refractivity contribution in [3.05, 3.63) is 64.7 Å². The second kappa shape index (κ2) is 5.67. The van der Waals surface area contributed by atoms with Crippen LogP contribution in [0.1, 0.15) is 22.3 Å². The van der Waals surface area contributed by atoms with Crippen LogP contribution in [0.3, 0.4) is 0 Å². The van der Waals surface area contributed by atoms with Crippen LogP contribution in [-0.2, 0) is 15.8 Å². The van der Waals surface area contributed by atoms with Gasteiger partial charge >= 0.3 is 0 Å². The van der Waals surface area contributed by atoms with E-state index in [-0.39, 0.29) is 5.75 Å². The highest BCUT2D eigenvalue weighted by Crippen LogP contribution is 2.22. The Morgan fingerprint density at radius 1 is 0.950 bits per heavy atom. The molecule has 0 aromatic heterocycles. The van der Waals surface area contributed by atoms with Crippen LogP contribution in [0.4, 0.5) is 5.69 Å². The second-order valence-electron chi connectivity index (χ2n) is 5.12. The fourth-order valence-corrected chi connectivity index (χ4v) is 3.51. The summed E-state index contributed by atoms with van der Waals surface area (Å²) in [7, 11) is -3.40. The second-order valence-corrected chi connectivity index (χ2v) is 6.84. The molecular formula is C16H19NO2S. The maximum Gasteiger partial charge on any atom is 0.236 e. The van der Waals surface area contributed by atoms with E-state index in [1.165, 1.54) is 0 Å². The number of anilines is 1. The van der Waals surface area contributed by atoms with E-state index in [0.29, 0.717) is 5.69 Å². The van der Waals surface area contributed by atoms with Crippen molar-refractivity contribution in [2.75, 3.05) is 4.72 Å². The Bertz CT molecular complexity index is 701. The molecule has 0 heterocycles. The zero-order chi connectivity index (χ0) is 14.8. The summed E-state index contributed by atoms with van der Waals surface area (Å²) in [5.41, 5.74) is 4.39. The Balaban J connectivity index is 2.24. The Labute approximate surface area is 120 Å². The maximum atomic E-state index is 12.3. The van der Waals surface area contributed by atoms with Gasteiger partial charge in [-0.2, -0.15) is 0 Å². The molecule has 0 fully saturated rings. The lowest BCUT2D eigenvalue weighted by Crippen LogP contribution is -2.16. The third-order valence-electron chi connectivity index (χ3n) is 3.18. The molecule has 4 heteroatoms. The molecule has 0 atom stereocenters. The predicted octanol–water partition coefficient (Wildman–Crippen LogP) is 3.55. The van der Waals surface area contributed by atoms with Crippen LogP contribution < -0.4 is 4.72 Å². The third-order valence-corrected chi connectivity index (χ3v) is 4.41. The molecule has 20 heavy (non-hydrogen) atoms. The molecule has 0 spiro atoms. The minimum Gasteiger partial charge on any atom is -0.283 e. The summed E-state index contributed by atoms with van der Waals surface area (Å²) >= 11 is 0. The molecule has 2 aromatic rings. The van der Waals surface area contributed by atoms with E-state index in [1.807, 2.05) is 63.2 Å². The number of rotatable bonds is 4. The van der Waals surface area contributed by atoms with Crippen LogP contribution >= 0.6 is 0 Å². The highest BCUT2D eigenvalue weighted by atomic mass is 32.2. The summed E-state index contributed by atoms with van der Waals surface area (Å²) in [4.78, 5) is 0. The first-order chi connectivity index (χ1) is 9.37. The zero-order valence-electron chi connectivity index (χ0n) is 12.0. The van der Waals surface area contributed by atoms with Gasteiger partial charge in [0, 0.05) is 0 Å². The predicted molar refractivity (Wildman–Crippen MR) is 83.3 cm³/mol. The lowest BCUT2D eigenvalue weighted by Gasteiger charge is -2.13. The van der Waals surface area contributed by atoms with Gasteiger partial charge in [0.2, 0.25) is 10.0 Å². The standard InChI is InChI=1S/C16H19NO2S/c1-12-6-4-9-15(10-12)11-20(18,19)17-16-13(2)7-5-8-14(16)3/h4-10,17H,11H2,1-3H3. The minimum absolute atomic E-state index is 0.0115. The molecule has 0 radical (unpaired) electrons. The van der Waals surface area contributed by atoms with Gasteiger partial charge in [0.25, 0.3) is 0 Å². The maximum absolute atomic E-state index is 12.3. The van der Waals surface area contributed by atoms with E-state index in [9.17, 15) is 8.42 Å². The Hall–Kier alpha value is -1.81. The van der Waals surface area contributed by atoms with E-state index < -0.39 is 10.0 Å². The molecule has 0 aliphatic heterocycles. The summed E-state index contributed by atoms with van der Waals surface area (Å²) in [5, 5.41) is 0. The van der Waals surface area contributed by atoms with Gasteiger partial charge in [-0.25, -0.2) is 8.42 Å². The van der Waals surface area contributed by atoms with E-state index in [2.05, 4.69) is 4.72 Å². The van der Waals surface area contributed by atoms with E-state index in [0.717, 1.165) is 22.3 Å². The lowest BCUT2D eigenvalue weighted by molar-refractivity contribution is 0.600. The van der Waals surface area contributed by atoms with Crippen molar-refractivity contribution in [3.8, 4) is 0 Å². The highest BCUT2D eigenvalue weighted by molar-refractivity contribution is 7.91. The quantitative estimate of drug-likeness (QED) is 0.935. The molecule has 0 unspecified atom stereocenters. The molecule has 106 valence electrons. The molecule has 2 aromatic carbocycles. The Morgan fingerprint density at radius 2 is 1.55 bits per heavy atom.